The molecule has 0 fully saturated rings. The van der Waals surface area contributed by atoms with E-state index in [9.17, 15) is 27.2 Å². The Bertz CT molecular complexity index is 1190. The van der Waals surface area contributed by atoms with E-state index in [2.05, 4.69) is 16.0 Å². The van der Waals surface area contributed by atoms with Gasteiger partial charge in [0.05, 0.1) is 0 Å². The number of hydrogen-bond donors (Lipinski definition) is 3. The molecule has 37 heavy (non-hydrogen) atoms. The first-order chi connectivity index (χ1) is 17.3. The summed E-state index contributed by atoms with van der Waals surface area (Å²) in [6.45, 7) is 4.94. The summed E-state index contributed by atoms with van der Waals surface area (Å²) >= 11 is 0. The van der Waals surface area contributed by atoms with Gasteiger partial charge >= 0.3 is 6.18 Å². The third kappa shape index (κ3) is 8.42. The third-order valence-corrected chi connectivity index (χ3v) is 5.43. The Morgan fingerprint density at radius 1 is 0.838 bits per heavy atom. The molecule has 0 heterocycles. The van der Waals surface area contributed by atoms with Gasteiger partial charge < -0.3 is 10.6 Å². The fourth-order valence-electron chi connectivity index (χ4n) is 3.68. The van der Waals surface area contributed by atoms with E-state index >= 15 is 0 Å². The van der Waals surface area contributed by atoms with Crippen molar-refractivity contribution in [2.75, 3.05) is 5.32 Å². The van der Waals surface area contributed by atoms with E-state index in [1.165, 1.54) is 36.4 Å². The van der Waals surface area contributed by atoms with E-state index in [0.717, 1.165) is 17.7 Å². The van der Waals surface area contributed by atoms with Crippen molar-refractivity contribution in [3.05, 3.63) is 101 Å². The molecule has 0 spiro atoms. The number of hydrogen-bond acceptors (Lipinski definition) is 3. The molecule has 2 amide bonds. The number of rotatable bonds is 8. The van der Waals surface area contributed by atoms with Crippen LogP contribution in [0.25, 0.3) is 0 Å². The zero-order valence-electron chi connectivity index (χ0n) is 20.7. The van der Waals surface area contributed by atoms with Gasteiger partial charge in [-0.2, -0.15) is 13.2 Å². The van der Waals surface area contributed by atoms with Crippen molar-refractivity contribution in [3.8, 4) is 0 Å². The molecule has 9 heteroatoms. The van der Waals surface area contributed by atoms with Gasteiger partial charge in [-0.15, -0.1) is 0 Å². The monoisotopic (exact) mass is 515 g/mol. The van der Waals surface area contributed by atoms with Crippen LogP contribution in [0, 0.1) is 5.82 Å². The number of halogens is 4. The summed E-state index contributed by atoms with van der Waals surface area (Å²) in [5.74, 6) is -1.61. The van der Waals surface area contributed by atoms with E-state index in [-0.39, 0.29) is 23.2 Å². The first-order valence-electron chi connectivity index (χ1n) is 11.7. The SMILES string of the molecule is CC(C)(C)NC(c1ccc(NC(=O)[C@H](Cc2ccccc2)NC(=O)c2ccc(F)cc2)cc1)C(F)(F)F. The van der Waals surface area contributed by atoms with E-state index in [1.54, 1.807) is 45.0 Å². The first kappa shape index (κ1) is 27.9. The lowest BCUT2D eigenvalue weighted by molar-refractivity contribution is -0.161. The highest BCUT2D eigenvalue weighted by molar-refractivity contribution is 6.01. The highest BCUT2D eigenvalue weighted by Gasteiger charge is 2.42. The number of nitrogens with one attached hydrogen (secondary N) is 3. The summed E-state index contributed by atoms with van der Waals surface area (Å²) in [4.78, 5) is 25.8. The lowest BCUT2D eigenvalue weighted by Crippen LogP contribution is -2.45. The lowest BCUT2D eigenvalue weighted by Gasteiger charge is -2.30. The second-order valence-electron chi connectivity index (χ2n) is 9.70. The molecule has 3 N–H and O–H groups in total. The van der Waals surface area contributed by atoms with Crippen LogP contribution in [0.3, 0.4) is 0 Å². The average molecular weight is 516 g/mol. The normalized spacial score (nSPS) is 13.5. The minimum atomic E-state index is -4.51. The van der Waals surface area contributed by atoms with E-state index in [4.69, 9.17) is 0 Å². The van der Waals surface area contributed by atoms with E-state index in [0.29, 0.717) is 0 Å². The Labute approximate surface area is 213 Å². The molecule has 0 aromatic heterocycles. The van der Waals surface area contributed by atoms with Gasteiger partial charge in [-0.05, 0) is 68.3 Å². The van der Waals surface area contributed by atoms with E-state index < -0.39 is 41.4 Å². The van der Waals surface area contributed by atoms with Crippen LogP contribution in [0.2, 0.25) is 0 Å². The van der Waals surface area contributed by atoms with Crippen LogP contribution in [0.1, 0.15) is 48.3 Å². The van der Waals surface area contributed by atoms with Gasteiger partial charge in [0.2, 0.25) is 5.91 Å². The Morgan fingerprint density at radius 3 is 1.97 bits per heavy atom. The molecule has 0 aliphatic rings. The summed E-state index contributed by atoms with van der Waals surface area (Å²) in [6, 6.07) is 16.4. The van der Waals surface area contributed by atoms with Crippen LogP contribution in [0.4, 0.5) is 23.2 Å². The second-order valence-corrected chi connectivity index (χ2v) is 9.70. The summed E-state index contributed by atoms with van der Waals surface area (Å²) < 4.78 is 54.2. The van der Waals surface area contributed by atoms with Gasteiger partial charge in [-0.1, -0.05) is 42.5 Å². The molecule has 2 atom stereocenters. The highest BCUT2D eigenvalue weighted by atomic mass is 19.4. The molecular formula is C28H29F4N3O2. The number of benzene rings is 3. The molecule has 3 aromatic rings. The zero-order chi connectivity index (χ0) is 27.2. The minimum Gasteiger partial charge on any atom is -0.340 e. The van der Waals surface area contributed by atoms with Gasteiger partial charge in [0.15, 0.2) is 0 Å². The Kier molecular flexibility index (Phi) is 8.70. The maximum absolute atomic E-state index is 13.6. The molecule has 3 aromatic carbocycles. The van der Waals surface area contributed by atoms with Crippen molar-refractivity contribution in [1.82, 2.24) is 10.6 Å². The smallest absolute Gasteiger partial charge is 0.340 e. The average Bonchev–Trinajstić information content (AvgIpc) is 2.82. The predicted molar refractivity (Wildman–Crippen MR) is 135 cm³/mol. The summed E-state index contributed by atoms with van der Waals surface area (Å²) in [6.07, 6.45) is -4.34. The Balaban J connectivity index is 1.78. The van der Waals surface area contributed by atoms with Gasteiger partial charge in [-0.25, -0.2) is 4.39 Å². The van der Waals surface area contributed by atoms with Crippen LogP contribution >= 0.6 is 0 Å². The molecule has 196 valence electrons. The maximum atomic E-state index is 13.6. The molecule has 3 rings (SSSR count). The van der Waals surface area contributed by atoms with Crippen LogP contribution in [0.15, 0.2) is 78.9 Å². The van der Waals surface area contributed by atoms with Crippen molar-refractivity contribution in [3.63, 3.8) is 0 Å². The molecule has 0 aliphatic heterocycles. The second kappa shape index (κ2) is 11.6. The largest absolute Gasteiger partial charge is 0.407 e. The molecular weight excluding hydrogens is 486 g/mol. The molecule has 0 saturated heterocycles. The lowest BCUT2D eigenvalue weighted by atomic mass is 10.0. The van der Waals surface area contributed by atoms with Crippen molar-refractivity contribution in [2.45, 2.75) is 51.0 Å². The molecule has 5 nitrogen and oxygen atoms in total. The molecule has 1 unspecified atom stereocenters. The Morgan fingerprint density at radius 2 is 1.43 bits per heavy atom. The van der Waals surface area contributed by atoms with Crippen molar-refractivity contribution in [1.29, 1.82) is 0 Å². The van der Waals surface area contributed by atoms with Gasteiger partial charge in [0, 0.05) is 23.2 Å². The maximum Gasteiger partial charge on any atom is 0.407 e. The van der Waals surface area contributed by atoms with E-state index in [1.807, 2.05) is 6.07 Å². The fourth-order valence-corrected chi connectivity index (χ4v) is 3.68. The first-order valence-corrected chi connectivity index (χ1v) is 11.7. The topological polar surface area (TPSA) is 70.2 Å². The molecule has 0 radical (unpaired) electrons. The Hall–Kier alpha value is -3.72. The summed E-state index contributed by atoms with van der Waals surface area (Å²) in [5.41, 5.74) is 0.478. The number of carbonyl (C=O) groups excluding carboxylic acids is 2. The van der Waals surface area contributed by atoms with Crippen LogP contribution < -0.4 is 16.0 Å². The third-order valence-electron chi connectivity index (χ3n) is 5.43. The van der Waals surface area contributed by atoms with Crippen molar-refractivity contribution in [2.24, 2.45) is 0 Å². The predicted octanol–water partition coefficient (Wildman–Crippen LogP) is 5.80. The van der Waals surface area contributed by atoms with Gasteiger partial charge in [0.25, 0.3) is 5.91 Å². The van der Waals surface area contributed by atoms with Gasteiger partial charge in [-0.3, -0.25) is 14.9 Å². The quantitative estimate of drug-likeness (QED) is 0.332. The molecule has 0 saturated carbocycles. The molecule has 0 aliphatic carbocycles. The van der Waals surface area contributed by atoms with Gasteiger partial charge in [0.1, 0.15) is 17.9 Å². The number of carbonyl (C=O) groups is 2. The fraction of sp³-hybridized carbons (Fsp3) is 0.286. The van der Waals surface area contributed by atoms with Crippen LogP contribution in [-0.2, 0) is 11.2 Å². The number of anilines is 1. The number of amides is 2. The summed E-state index contributed by atoms with van der Waals surface area (Å²) in [5, 5.41) is 7.91. The standard InChI is InChI=1S/C28H29F4N3O2/c1-27(2,3)35-24(28(30,31)32)19-11-15-22(16-12-19)33-26(37)23(17-18-7-5-4-6-8-18)34-25(36)20-9-13-21(29)14-10-20/h4-16,23-24,35H,17H2,1-3H3,(H,33,37)(H,34,36)/t23-,24?/m0/s1. The van der Waals surface area contributed by atoms with Crippen LogP contribution in [-0.4, -0.2) is 29.6 Å². The molecule has 0 bridgehead atoms. The highest BCUT2D eigenvalue weighted by Crippen LogP contribution is 2.34. The summed E-state index contributed by atoms with van der Waals surface area (Å²) in [7, 11) is 0. The van der Waals surface area contributed by atoms with Crippen molar-refractivity contribution >= 4 is 17.5 Å². The number of alkyl halides is 3. The zero-order valence-corrected chi connectivity index (χ0v) is 20.7. The van der Waals surface area contributed by atoms with Crippen LogP contribution in [0.5, 0.6) is 0 Å². The minimum absolute atomic E-state index is 0.00544. The van der Waals surface area contributed by atoms with Crippen molar-refractivity contribution < 1.29 is 27.2 Å².